The number of carbonyl (C=O) groups excluding carboxylic acids is 1. The van der Waals surface area contributed by atoms with Gasteiger partial charge in [-0.15, -0.1) is 0 Å². The van der Waals surface area contributed by atoms with Gasteiger partial charge in [0.2, 0.25) is 0 Å². The molecule has 0 saturated carbocycles. The van der Waals surface area contributed by atoms with Crippen LogP contribution in [0.5, 0.6) is 5.75 Å². The van der Waals surface area contributed by atoms with Crippen LogP contribution in [-0.4, -0.2) is 55.3 Å². The Morgan fingerprint density at radius 2 is 2.09 bits per heavy atom. The Morgan fingerprint density at radius 3 is 2.70 bits per heavy atom. The number of hydrogen-bond acceptors (Lipinski definition) is 4. The van der Waals surface area contributed by atoms with Gasteiger partial charge in [0, 0.05) is 31.9 Å². The summed E-state index contributed by atoms with van der Waals surface area (Å²) in [4.78, 5) is 25.3. The number of aliphatic carboxylic acids is 1. The minimum absolute atomic E-state index is 0.164. The quantitative estimate of drug-likeness (QED) is 0.669. The molecule has 0 fully saturated rings. The third-order valence-corrected chi connectivity index (χ3v) is 3.44. The Kier molecular flexibility index (Phi) is 8.11. The second kappa shape index (κ2) is 9.84. The number of rotatable bonds is 10. The van der Waals surface area contributed by atoms with Crippen LogP contribution in [0.1, 0.15) is 30.6 Å². The normalized spacial score (nSPS) is 11.8. The zero-order valence-corrected chi connectivity index (χ0v) is 13.9. The van der Waals surface area contributed by atoms with Crippen molar-refractivity contribution in [1.29, 1.82) is 0 Å². The topological polar surface area (TPSA) is 76.1 Å². The number of benzene rings is 1. The first-order chi connectivity index (χ1) is 11.0. The average molecular weight is 323 g/mol. The summed E-state index contributed by atoms with van der Waals surface area (Å²) in [7, 11) is 1.54. The lowest BCUT2D eigenvalue weighted by Crippen LogP contribution is -2.38. The lowest BCUT2D eigenvalue weighted by atomic mass is 10.1. The van der Waals surface area contributed by atoms with E-state index in [0.29, 0.717) is 37.5 Å². The van der Waals surface area contributed by atoms with E-state index in [1.807, 2.05) is 6.92 Å². The molecular formula is C17H25NO5. The van der Waals surface area contributed by atoms with E-state index in [2.05, 4.69) is 0 Å². The van der Waals surface area contributed by atoms with E-state index < -0.39 is 11.9 Å². The monoisotopic (exact) mass is 323 g/mol. The van der Waals surface area contributed by atoms with Crippen molar-refractivity contribution in [3.8, 4) is 5.75 Å². The molecule has 1 amide bonds. The summed E-state index contributed by atoms with van der Waals surface area (Å²) in [6.45, 7) is 5.28. The lowest BCUT2D eigenvalue weighted by molar-refractivity contribution is -0.141. The number of carboxylic acid groups (broad SMARTS) is 1. The minimum Gasteiger partial charge on any atom is -0.497 e. The Labute approximate surface area is 137 Å². The Morgan fingerprint density at radius 1 is 1.35 bits per heavy atom. The van der Waals surface area contributed by atoms with E-state index >= 15 is 0 Å². The van der Waals surface area contributed by atoms with Crippen molar-refractivity contribution >= 4 is 11.9 Å². The number of carbonyl (C=O) groups is 2. The average Bonchev–Trinajstić information content (AvgIpc) is 2.56. The maximum absolute atomic E-state index is 12.7. The van der Waals surface area contributed by atoms with Crippen molar-refractivity contribution in [3.05, 3.63) is 29.8 Å². The molecular weight excluding hydrogens is 298 g/mol. The Balaban J connectivity index is 2.82. The molecule has 0 aliphatic heterocycles. The predicted molar refractivity (Wildman–Crippen MR) is 86.8 cm³/mol. The van der Waals surface area contributed by atoms with Crippen LogP contribution >= 0.6 is 0 Å². The number of methoxy groups -OCH3 is 1. The first kappa shape index (κ1) is 19.0. The van der Waals surface area contributed by atoms with E-state index in [1.165, 1.54) is 7.11 Å². The lowest BCUT2D eigenvalue weighted by Gasteiger charge is -2.25. The summed E-state index contributed by atoms with van der Waals surface area (Å²) in [6, 6.07) is 6.86. The van der Waals surface area contributed by atoms with Gasteiger partial charge in [0.15, 0.2) is 0 Å². The fourth-order valence-corrected chi connectivity index (χ4v) is 2.12. The van der Waals surface area contributed by atoms with Crippen LogP contribution in [0.15, 0.2) is 24.3 Å². The molecule has 1 aromatic carbocycles. The van der Waals surface area contributed by atoms with Crippen LogP contribution in [-0.2, 0) is 9.53 Å². The first-order valence-corrected chi connectivity index (χ1v) is 7.73. The fourth-order valence-electron chi connectivity index (χ4n) is 2.12. The maximum Gasteiger partial charge on any atom is 0.308 e. The smallest absolute Gasteiger partial charge is 0.308 e. The van der Waals surface area contributed by atoms with Crippen LogP contribution in [0, 0.1) is 5.92 Å². The summed E-state index contributed by atoms with van der Waals surface area (Å²) >= 11 is 0. The molecule has 1 rings (SSSR count). The molecule has 23 heavy (non-hydrogen) atoms. The van der Waals surface area contributed by atoms with Gasteiger partial charge in [0.05, 0.1) is 13.0 Å². The largest absolute Gasteiger partial charge is 0.497 e. The number of carboxylic acids is 1. The second-order valence-corrected chi connectivity index (χ2v) is 5.27. The maximum atomic E-state index is 12.7. The van der Waals surface area contributed by atoms with E-state index in [0.717, 1.165) is 0 Å². The molecule has 1 atom stereocenters. The summed E-state index contributed by atoms with van der Waals surface area (Å²) in [5.41, 5.74) is 0.485. The molecule has 0 bridgehead atoms. The molecule has 0 heterocycles. The van der Waals surface area contributed by atoms with Crippen molar-refractivity contribution in [2.24, 2.45) is 5.92 Å². The number of hydrogen-bond donors (Lipinski definition) is 1. The molecule has 0 saturated heterocycles. The third kappa shape index (κ3) is 6.28. The van der Waals surface area contributed by atoms with Crippen molar-refractivity contribution in [2.45, 2.75) is 20.3 Å². The van der Waals surface area contributed by atoms with E-state index in [1.54, 1.807) is 36.1 Å². The van der Waals surface area contributed by atoms with Crippen LogP contribution in [0.25, 0.3) is 0 Å². The third-order valence-electron chi connectivity index (χ3n) is 3.44. The molecule has 1 unspecified atom stereocenters. The predicted octanol–water partition coefficient (Wildman–Crippen LogP) is 2.28. The highest BCUT2D eigenvalue weighted by Gasteiger charge is 2.21. The molecule has 0 aromatic heterocycles. The minimum atomic E-state index is -0.918. The second-order valence-electron chi connectivity index (χ2n) is 5.27. The van der Waals surface area contributed by atoms with Gasteiger partial charge in [-0.1, -0.05) is 13.0 Å². The molecule has 0 aliphatic carbocycles. The van der Waals surface area contributed by atoms with E-state index in [-0.39, 0.29) is 12.5 Å². The van der Waals surface area contributed by atoms with Gasteiger partial charge in [-0.2, -0.15) is 0 Å². The van der Waals surface area contributed by atoms with Crippen molar-refractivity contribution in [2.75, 3.05) is 33.4 Å². The van der Waals surface area contributed by atoms with E-state index in [4.69, 9.17) is 14.6 Å². The fraction of sp³-hybridized carbons (Fsp3) is 0.529. The van der Waals surface area contributed by atoms with E-state index in [9.17, 15) is 9.59 Å². The summed E-state index contributed by atoms with van der Waals surface area (Å²) in [5.74, 6) is -1.15. The molecule has 0 aliphatic rings. The highest BCUT2D eigenvalue weighted by molar-refractivity contribution is 5.94. The zero-order chi connectivity index (χ0) is 17.2. The first-order valence-electron chi connectivity index (χ1n) is 7.73. The summed E-state index contributed by atoms with van der Waals surface area (Å²) < 4.78 is 10.4. The molecule has 0 radical (unpaired) electrons. The molecule has 1 N–H and O–H groups in total. The van der Waals surface area contributed by atoms with Crippen molar-refractivity contribution < 1.29 is 24.2 Å². The molecule has 0 spiro atoms. The van der Waals surface area contributed by atoms with Crippen molar-refractivity contribution in [3.63, 3.8) is 0 Å². The molecule has 6 nitrogen and oxygen atoms in total. The number of nitrogens with zero attached hydrogens (tertiary/aromatic N) is 1. The van der Waals surface area contributed by atoms with Gasteiger partial charge in [-0.25, -0.2) is 0 Å². The highest BCUT2D eigenvalue weighted by atomic mass is 16.5. The van der Waals surface area contributed by atoms with Gasteiger partial charge in [-0.05, 0) is 31.5 Å². The van der Waals surface area contributed by atoms with Crippen LogP contribution in [0.4, 0.5) is 0 Å². The molecule has 6 heteroatoms. The van der Waals surface area contributed by atoms with Gasteiger partial charge >= 0.3 is 5.97 Å². The number of amides is 1. The van der Waals surface area contributed by atoms with Crippen LogP contribution in [0.3, 0.4) is 0 Å². The van der Waals surface area contributed by atoms with Crippen molar-refractivity contribution in [1.82, 2.24) is 4.90 Å². The van der Waals surface area contributed by atoms with Crippen LogP contribution in [0.2, 0.25) is 0 Å². The van der Waals surface area contributed by atoms with Gasteiger partial charge in [0.25, 0.3) is 5.91 Å². The van der Waals surface area contributed by atoms with Crippen LogP contribution < -0.4 is 4.74 Å². The van der Waals surface area contributed by atoms with Gasteiger partial charge < -0.3 is 19.5 Å². The Hall–Kier alpha value is -2.08. The van der Waals surface area contributed by atoms with Gasteiger partial charge in [-0.3, -0.25) is 9.59 Å². The zero-order valence-electron chi connectivity index (χ0n) is 13.9. The highest BCUT2D eigenvalue weighted by Crippen LogP contribution is 2.15. The Bertz CT molecular complexity index is 517. The standard InChI is InChI=1S/C17H25NO5/c1-4-23-10-6-9-18(12-13(2)17(20)21)16(19)14-7-5-8-15(11-14)22-3/h5,7-8,11,13H,4,6,9-10,12H2,1-3H3,(H,20,21). The molecule has 128 valence electrons. The summed E-state index contributed by atoms with van der Waals surface area (Å²) in [6.07, 6.45) is 0.663. The van der Waals surface area contributed by atoms with Gasteiger partial charge in [0.1, 0.15) is 5.75 Å². The SMILES string of the molecule is CCOCCCN(CC(C)C(=O)O)C(=O)c1cccc(OC)c1. The molecule has 1 aromatic rings. The number of ether oxygens (including phenoxy) is 2. The summed E-state index contributed by atoms with van der Waals surface area (Å²) in [5, 5.41) is 9.09.